The van der Waals surface area contributed by atoms with E-state index in [9.17, 15) is 19.8 Å². The van der Waals surface area contributed by atoms with Crippen LogP contribution in [0.15, 0.2) is 24.3 Å². The number of Topliss-reactive ketones (excluding diaryl/α,β-unsaturated/α-hetero) is 1. The maximum Gasteiger partial charge on any atom is 0.201 e. The second kappa shape index (κ2) is 7.71. The van der Waals surface area contributed by atoms with E-state index in [1.165, 1.54) is 24.3 Å². The van der Waals surface area contributed by atoms with Gasteiger partial charge in [-0.05, 0) is 24.3 Å². The summed E-state index contributed by atoms with van der Waals surface area (Å²) in [6.45, 7) is -1.30. The van der Waals surface area contributed by atoms with Gasteiger partial charge in [-0.15, -0.1) is 0 Å². The molecule has 0 saturated carbocycles. The summed E-state index contributed by atoms with van der Waals surface area (Å²) in [7, 11) is 0. The summed E-state index contributed by atoms with van der Waals surface area (Å²) in [4.78, 5) is 22.0. The number of hydrogen-bond donors (Lipinski definition) is 4. The van der Waals surface area contributed by atoms with Crippen molar-refractivity contribution in [2.45, 2.75) is 18.3 Å². The minimum absolute atomic E-state index is 0.313. The van der Waals surface area contributed by atoms with Crippen molar-refractivity contribution in [2.24, 2.45) is 0 Å². The van der Waals surface area contributed by atoms with Crippen LogP contribution in [0.25, 0.3) is 0 Å². The lowest BCUT2D eigenvalue weighted by atomic mass is 10.1. The molecule has 0 aliphatic rings. The fraction of sp³-hybridized carbons (Fsp3) is 0.385. The third-order valence-electron chi connectivity index (χ3n) is 2.63. The molecule has 20 heavy (non-hydrogen) atoms. The molecule has 0 aromatic heterocycles. The molecule has 110 valence electrons. The van der Waals surface area contributed by atoms with Gasteiger partial charge < -0.3 is 25.2 Å². The summed E-state index contributed by atoms with van der Waals surface area (Å²) >= 11 is 0. The molecular weight excluding hydrogens is 268 g/mol. The summed E-state index contributed by atoms with van der Waals surface area (Å²) < 4.78 is 5.07. The van der Waals surface area contributed by atoms with Crippen LogP contribution in [0.3, 0.4) is 0 Å². The molecule has 1 aromatic rings. The van der Waals surface area contributed by atoms with Crippen molar-refractivity contribution in [1.29, 1.82) is 0 Å². The Hall–Kier alpha value is -1.80. The van der Waals surface area contributed by atoms with Crippen LogP contribution in [0.2, 0.25) is 0 Å². The Morgan fingerprint density at radius 1 is 1.20 bits per heavy atom. The summed E-state index contributed by atoms with van der Waals surface area (Å²) in [6.07, 6.45) is -4.59. The Bertz CT molecular complexity index is 443. The van der Waals surface area contributed by atoms with Gasteiger partial charge in [-0.2, -0.15) is 0 Å². The first-order chi connectivity index (χ1) is 9.49. The largest absolute Gasteiger partial charge is 0.486 e. The fourth-order valence-corrected chi connectivity index (χ4v) is 1.39. The predicted molar refractivity (Wildman–Crippen MR) is 67.4 cm³/mol. The highest BCUT2D eigenvalue weighted by Crippen LogP contribution is 2.11. The van der Waals surface area contributed by atoms with Gasteiger partial charge in [-0.3, -0.25) is 9.59 Å². The number of rotatable bonds is 8. The third-order valence-corrected chi connectivity index (χ3v) is 2.63. The zero-order valence-corrected chi connectivity index (χ0v) is 10.5. The first kappa shape index (κ1) is 16.3. The lowest BCUT2D eigenvalue weighted by Crippen LogP contribution is -2.45. The Labute approximate surface area is 115 Å². The van der Waals surface area contributed by atoms with Gasteiger partial charge in [0.2, 0.25) is 5.78 Å². The normalized spacial score (nSPS) is 15.2. The molecule has 0 amide bonds. The molecule has 0 unspecified atom stereocenters. The highest BCUT2D eigenvalue weighted by Gasteiger charge is 2.29. The summed E-state index contributed by atoms with van der Waals surface area (Å²) in [5.74, 6) is -0.530. The average molecular weight is 284 g/mol. The lowest BCUT2D eigenvalue weighted by Gasteiger charge is -2.20. The van der Waals surface area contributed by atoms with Crippen molar-refractivity contribution in [3.8, 4) is 5.75 Å². The first-order valence-corrected chi connectivity index (χ1v) is 5.85. The Morgan fingerprint density at radius 2 is 1.80 bits per heavy atom. The van der Waals surface area contributed by atoms with Crippen molar-refractivity contribution in [3.63, 3.8) is 0 Å². The van der Waals surface area contributed by atoms with Gasteiger partial charge in [0.05, 0.1) is 6.61 Å². The number of benzene rings is 1. The van der Waals surface area contributed by atoms with E-state index in [1.54, 1.807) is 0 Å². The summed E-state index contributed by atoms with van der Waals surface area (Å²) in [6, 6.07) is 5.94. The van der Waals surface area contributed by atoms with Gasteiger partial charge >= 0.3 is 0 Å². The van der Waals surface area contributed by atoms with E-state index in [1.807, 2.05) is 0 Å². The number of ether oxygens (including phenoxy) is 1. The molecule has 1 rings (SSSR count). The molecule has 0 bridgehead atoms. The second-order valence-electron chi connectivity index (χ2n) is 4.13. The van der Waals surface area contributed by atoms with Gasteiger partial charge in [0.15, 0.2) is 0 Å². The molecule has 0 heterocycles. The van der Waals surface area contributed by atoms with Crippen molar-refractivity contribution in [2.75, 3.05) is 13.2 Å². The third kappa shape index (κ3) is 4.39. The van der Waals surface area contributed by atoms with Crippen LogP contribution >= 0.6 is 0 Å². The molecule has 0 aliphatic heterocycles. The van der Waals surface area contributed by atoms with E-state index in [-0.39, 0.29) is 0 Å². The van der Waals surface area contributed by atoms with E-state index in [0.29, 0.717) is 17.6 Å². The molecule has 4 N–H and O–H groups in total. The number of aldehydes is 1. The molecule has 1 aromatic carbocycles. The number of carbonyl (C=O) groups excluding carboxylic acids is 2. The molecule has 7 heteroatoms. The smallest absolute Gasteiger partial charge is 0.201 e. The zero-order valence-electron chi connectivity index (χ0n) is 10.5. The number of aliphatic hydroxyl groups excluding tert-OH is 4. The van der Waals surface area contributed by atoms with Crippen LogP contribution in [0.5, 0.6) is 5.75 Å². The SMILES string of the molecule is O=Cc1ccc(OCC(=O)[C@H](O)[C@@H](O)[C@H](O)CO)cc1. The predicted octanol–water partition coefficient (Wildman–Crippen LogP) is -1.48. The maximum absolute atomic E-state index is 11.5. The van der Waals surface area contributed by atoms with Crippen molar-refractivity contribution in [1.82, 2.24) is 0 Å². The van der Waals surface area contributed by atoms with Crippen molar-refractivity contribution in [3.05, 3.63) is 29.8 Å². The van der Waals surface area contributed by atoms with Crippen LogP contribution < -0.4 is 4.74 Å². The van der Waals surface area contributed by atoms with Crippen LogP contribution in [0.1, 0.15) is 10.4 Å². The number of carbonyl (C=O) groups is 2. The quantitative estimate of drug-likeness (QED) is 0.429. The van der Waals surface area contributed by atoms with Gasteiger partial charge in [0.25, 0.3) is 0 Å². The number of aliphatic hydroxyl groups is 4. The van der Waals surface area contributed by atoms with Gasteiger partial charge in [0.1, 0.15) is 37.0 Å². The number of ketones is 1. The minimum Gasteiger partial charge on any atom is -0.486 e. The molecule has 0 fully saturated rings. The van der Waals surface area contributed by atoms with Gasteiger partial charge in [-0.1, -0.05) is 0 Å². The van der Waals surface area contributed by atoms with Crippen LogP contribution in [0.4, 0.5) is 0 Å². The minimum atomic E-state index is -1.86. The molecule has 0 spiro atoms. The van der Waals surface area contributed by atoms with Crippen molar-refractivity contribution >= 4 is 12.1 Å². The highest BCUT2D eigenvalue weighted by molar-refractivity contribution is 5.85. The molecule has 7 nitrogen and oxygen atoms in total. The summed E-state index contributed by atoms with van der Waals surface area (Å²) in [5, 5.41) is 36.5. The molecular formula is C13H16O7. The molecule has 0 radical (unpaired) electrons. The first-order valence-electron chi connectivity index (χ1n) is 5.85. The number of hydrogen-bond acceptors (Lipinski definition) is 7. The van der Waals surface area contributed by atoms with Crippen LogP contribution in [0, 0.1) is 0 Å². The molecule has 3 atom stereocenters. The van der Waals surface area contributed by atoms with E-state index in [2.05, 4.69) is 0 Å². The van der Waals surface area contributed by atoms with E-state index in [0.717, 1.165) is 0 Å². The standard InChI is InChI=1S/C13H16O7/c14-5-8-1-3-9(4-2-8)20-7-11(17)13(19)12(18)10(16)6-15/h1-5,10,12-13,15-16,18-19H,6-7H2/t10-,12+,13+/m1/s1. The van der Waals surface area contributed by atoms with E-state index in [4.69, 9.17) is 14.9 Å². The van der Waals surface area contributed by atoms with Crippen LogP contribution in [-0.4, -0.2) is 64.0 Å². The van der Waals surface area contributed by atoms with Gasteiger partial charge in [-0.25, -0.2) is 0 Å². The highest BCUT2D eigenvalue weighted by atomic mass is 16.5. The Morgan fingerprint density at radius 3 is 2.30 bits per heavy atom. The van der Waals surface area contributed by atoms with E-state index >= 15 is 0 Å². The lowest BCUT2D eigenvalue weighted by molar-refractivity contribution is -0.142. The van der Waals surface area contributed by atoms with Crippen LogP contribution in [-0.2, 0) is 4.79 Å². The average Bonchev–Trinajstić information content (AvgIpc) is 2.50. The molecule has 0 aliphatic carbocycles. The maximum atomic E-state index is 11.5. The topological polar surface area (TPSA) is 124 Å². The Kier molecular flexibility index (Phi) is 6.26. The monoisotopic (exact) mass is 284 g/mol. The fourth-order valence-electron chi connectivity index (χ4n) is 1.39. The van der Waals surface area contributed by atoms with Gasteiger partial charge in [0, 0.05) is 5.56 Å². The Balaban J connectivity index is 2.51. The second-order valence-corrected chi connectivity index (χ2v) is 4.13. The zero-order chi connectivity index (χ0) is 15.1. The van der Waals surface area contributed by atoms with E-state index < -0.39 is 37.3 Å². The summed E-state index contributed by atoms with van der Waals surface area (Å²) in [5.41, 5.74) is 0.449. The molecule has 0 saturated heterocycles. The van der Waals surface area contributed by atoms with Crippen molar-refractivity contribution < 1.29 is 34.8 Å².